The molecule has 2 unspecified atom stereocenters. The monoisotopic (exact) mass is 437 g/mol. The van der Waals surface area contributed by atoms with E-state index in [2.05, 4.69) is 78.9 Å². The zero-order valence-corrected chi connectivity index (χ0v) is 20.0. The lowest BCUT2D eigenvalue weighted by Crippen LogP contribution is -2.50. The second kappa shape index (κ2) is 10.9. The van der Waals surface area contributed by atoms with Gasteiger partial charge in [0, 0.05) is 70.9 Å². The number of rotatable bonds is 6. The Morgan fingerprint density at radius 1 is 1.19 bits per heavy atom. The van der Waals surface area contributed by atoms with Crippen molar-refractivity contribution in [2.75, 3.05) is 64.3 Å². The molecule has 0 radical (unpaired) electrons. The van der Waals surface area contributed by atoms with Crippen molar-refractivity contribution in [3.05, 3.63) is 48.5 Å². The molecule has 0 amide bonds. The number of guanidine groups is 1. The number of nitrogens with one attached hydrogen (secondary N) is 1. The molecule has 7 nitrogen and oxygen atoms in total. The standard InChI is InChI=1S/C25H39N7/c1-21-6-4-7-23(18-21)30-16-14-29(15-17-30)11-5-9-28-25(26-3)31-12-8-22(2)24(19-31)32-13-10-27-20-32/h4,6-7,10,13,18,20,22,24H,5,8-9,11-12,14-17,19H2,1-3H3,(H,26,28). The number of nitrogens with zero attached hydrogens (tertiary/aromatic N) is 6. The molecule has 1 aromatic heterocycles. The Morgan fingerprint density at radius 3 is 2.75 bits per heavy atom. The van der Waals surface area contributed by atoms with Crippen molar-refractivity contribution in [2.24, 2.45) is 10.9 Å². The minimum atomic E-state index is 0.453. The highest BCUT2D eigenvalue weighted by atomic mass is 15.3. The maximum Gasteiger partial charge on any atom is 0.193 e. The van der Waals surface area contributed by atoms with E-state index < -0.39 is 0 Å². The zero-order valence-electron chi connectivity index (χ0n) is 20.0. The summed E-state index contributed by atoms with van der Waals surface area (Å²) >= 11 is 0. The number of hydrogen-bond acceptors (Lipinski definition) is 4. The summed E-state index contributed by atoms with van der Waals surface area (Å²) < 4.78 is 2.25. The van der Waals surface area contributed by atoms with Crippen molar-refractivity contribution in [3.8, 4) is 0 Å². The number of likely N-dealkylation sites (tertiary alicyclic amines) is 1. The Bertz CT molecular complexity index is 855. The largest absolute Gasteiger partial charge is 0.369 e. The van der Waals surface area contributed by atoms with Crippen molar-refractivity contribution in [1.82, 2.24) is 24.7 Å². The van der Waals surface area contributed by atoms with Crippen molar-refractivity contribution < 1.29 is 0 Å². The van der Waals surface area contributed by atoms with E-state index in [0.29, 0.717) is 12.0 Å². The SMILES string of the molecule is CN=C(NCCCN1CCN(c2cccc(C)c2)CC1)N1CCC(C)C(n2ccnc2)C1. The molecule has 0 bridgehead atoms. The summed E-state index contributed by atoms with van der Waals surface area (Å²) in [5.41, 5.74) is 2.70. The Morgan fingerprint density at radius 2 is 2.03 bits per heavy atom. The summed E-state index contributed by atoms with van der Waals surface area (Å²) in [6.45, 7) is 13.2. The van der Waals surface area contributed by atoms with E-state index in [-0.39, 0.29) is 0 Å². The highest BCUT2D eigenvalue weighted by Gasteiger charge is 2.28. The van der Waals surface area contributed by atoms with Crippen LogP contribution in [0.4, 0.5) is 5.69 Å². The van der Waals surface area contributed by atoms with Crippen LogP contribution in [0.25, 0.3) is 0 Å². The normalized spacial score (nSPS) is 22.9. The molecular weight excluding hydrogens is 398 g/mol. The van der Waals surface area contributed by atoms with Crippen LogP contribution < -0.4 is 10.2 Å². The fourth-order valence-electron chi connectivity index (χ4n) is 4.98. The van der Waals surface area contributed by atoms with Crippen molar-refractivity contribution in [1.29, 1.82) is 0 Å². The number of piperazine rings is 1. The molecular formula is C25H39N7. The number of hydrogen-bond donors (Lipinski definition) is 1. The second-order valence-corrected chi connectivity index (χ2v) is 9.28. The van der Waals surface area contributed by atoms with Gasteiger partial charge < -0.3 is 19.7 Å². The van der Waals surface area contributed by atoms with Crippen molar-refractivity contribution in [3.63, 3.8) is 0 Å². The lowest BCUT2D eigenvalue weighted by molar-refractivity contribution is 0.188. The molecule has 0 saturated carbocycles. The minimum Gasteiger partial charge on any atom is -0.369 e. The van der Waals surface area contributed by atoms with Crippen LogP contribution in [0.1, 0.15) is 31.4 Å². The van der Waals surface area contributed by atoms with Crippen LogP contribution in [0.2, 0.25) is 0 Å². The molecule has 7 heteroatoms. The quantitative estimate of drug-likeness (QED) is 0.428. The van der Waals surface area contributed by atoms with Gasteiger partial charge in [-0.15, -0.1) is 0 Å². The molecule has 1 N–H and O–H groups in total. The number of aromatic nitrogens is 2. The Kier molecular flexibility index (Phi) is 7.68. The van der Waals surface area contributed by atoms with Gasteiger partial charge in [-0.3, -0.25) is 9.89 Å². The van der Waals surface area contributed by atoms with Gasteiger partial charge in [0.2, 0.25) is 0 Å². The number of imidazole rings is 1. The number of anilines is 1. The highest BCUT2D eigenvalue weighted by Crippen LogP contribution is 2.27. The van der Waals surface area contributed by atoms with E-state index in [4.69, 9.17) is 0 Å². The van der Waals surface area contributed by atoms with Crippen LogP contribution in [-0.4, -0.2) is 84.7 Å². The smallest absolute Gasteiger partial charge is 0.193 e. The molecule has 2 aliphatic rings. The van der Waals surface area contributed by atoms with Gasteiger partial charge in [-0.25, -0.2) is 4.98 Å². The molecule has 0 spiro atoms. The highest BCUT2D eigenvalue weighted by molar-refractivity contribution is 5.80. The second-order valence-electron chi connectivity index (χ2n) is 9.28. The number of benzene rings is 1. The number of aliphatic imine (C=N–C) groups is 1. The van der Waals surface area contributed by atoms with Crippen LogP contribution in [-0.2, 0) is 0 Å². The van der Waals surface area contributed by atoms with Gasteiger partial charge in [-0.1, -0.05) is 19.1 Å². The molecule has 4 rings (SSSR count). The summed E-state index contributed by atoms with van der Waals surface area (Å²) in [6.07, 6.45) is 8.21. The maximum atomic E-state index is 4.57. The van der Waals surface area contributed by atoms with Crippen LogP contribution >= 0.6 is 0 Å². The third-order valence-electron chi connectivity index (χ3n) is 7.01. The van der Waals surface area contributed by atoms with Gasteiger partial charge in [0.25, 0.3) is 0 Å². The lowest BCUT2D eigenvalue weighted by atomic mass is 9.93. The average Bonchev–Trinajstić information content (AvgIpc) is 3.35. The average molecular weight is 438 g/mol. The first-order chi connectivity index (χ1) is 15.6. The van der Waals surface area contributed by atoms with E-state index >= 15 is 0 Å². The van der Waals surface area contributed by atoms with E-state index in [9.17, 15) is 0 Å². The summed E-state index contributed by atoms with van der Waals surface area (Å²) in [5.74, 6) is 1.68. The first-order valence-corrected chi connectivity index (χ1v) is 12.1. The summed E-state index contributed by atoms with van der Waals surface area (Å²) in [4.78, 5) is 16.3. The summed E-state index contributed by atoms with van der Waals surface area (Å²) in [7, 11) is 1.90. The fraction of sp³-hybridized carbons (Fsp3) is 0.600. The molecule has 2 aromatic rings. The zero-order chi connectivity index (χ0) is 22.3. The molecule has 2 saturated heterocycles. The number of piperidine rings is 1. The molecule has 2 atom stereocenters. The minimum absolute atomic E-state index is 0.453. The Balaban J connectivity index is 1.18. The molecule has 2 fully saturated rings. The molecule has 32 heavy (non-hydrogen) atoms. The fourth-order valence-corrected chi connectivity index (χ4v) is 4.98. The van der Waals surface area contributed by atoms with Crippen LogP contribution in [0.3, 0.4) is 0 Å². The third-order valence-corrected chi connectivity index (χ3v) is 7.01. The predicted octanol–water partition coefficient (Wildman–Crippen LogP) is 2.86. The lowest BCUT2D eigenvalue weighted by Gasteiger charge is -2.39. The van der Waals surface area contributed by atoms with Gasteiger partial charge in [0.1, 0.15) is 0 Å². The van der Waals surface area contributed by atoms with Gasteiger partial charge in [0.05, 0.1) is 12.4 Å². The van der Waals surface area contributed by atoms with Gasteiger partial charge >= 0.3 is 0 Å². The van der Waals surface area contributed by atoms with E-state index in [0.717, 1.165) is 64.7 Å². The Labute approximate surface area is 193 Å². The van der Waals surface area contributed by atoms with Crippen LogP contribution in [0, 0.1) is 12.8 Å². The van der Waals surface area contributed by atoms with Crippen LogP contribution in [0.5, 0.6) is 0 Å². The van der Waals surface area contributed by atoms with Gasteiger partial charge in [-0.05, 0) is 49.9 Å². The predicted molar refractivity (Wildman–Crippen MR) is 132 cm³/mol. The molecule has 174 valence electrons. The van der Waals surface area contributed by atoms with Gasteiger partial charge in [0.15, 0.2) is 5.96 Å². The van der Waals surface area contributed by atoms with E-state index in [1.807, 2.05) is 19.6 Å². The van der Waals surface area contributed by atoms with Crippen molar-refractivity contribution in [2.45, 2.75) is 32.7 Å². The first kappa shape index (κ1) is 22.6. The first-order valence-electron chi connectivity index (χ1n) is 12.1. The van der Waals surface area contributed by atoms with E-state index in [1.54, 1.807) is 0 Å². The molecule has 1 aromatic carbocycles. The van der Waals surface area contributed by atoms with Crippen molar-refractivity contribution >= 4 is 11.6 Å². The van der Waals surface area contributed by atoms with Crippen LogP contribution in [0.15, 0.2) is 48.0 Å². The maximum absolute atomic E-state index is 4.57. The Hall–Kier alpha value is -2.54. The topological polar surface area (TPSA) is 51.9 Å². The molecule has 0 aliphatic carbocycles. The van der Waals surface area contributed by atoms with Gasteiger partial charge in [-0.2, -0.15) is 0 Å². The summed E-state index contributed by atoms with van der Waals surface area (Å²) in [6, 6.07) is 9.31. The summed E-state index contributed by atoms with van der Waals surface area (Å²) in [5, 5.41) is 3.61. The molecule has 2 aliphatic heterocycles. The van der Waals surface area contributed by atoms with E-state index in [1.165, 1.54) is 17.7 Å². The number of aryl methyl sites for hydroxylation is 1. The molecule has 3 heterocycles. The third kappa shape index (κ3) is 5.63.